The second-order valence-electron chi connectivity index (χ2n) is 3.92. The van der Waals surface area contributed by atoms with Crippen LogP contribution in [0.5, 0.6) is 0 Å². The molecule has 1 aliphatic heterocycles. The highest BCUT2D eigenvalue weighted by Gasteiger charge is 2.39. The van der Waals surface area contributed by atoms with Crippen molar-refractivity contribution in [1.82, 2.24) is 4.31 Å². The van der Waals surface area contributed by atoms with E-state index in [4.69, 9.17) is 4.74 Å². The normalized spacial score (nSPS) is 27.9. The van der Waals surface area contributed by atoms with Gasteiger partial charge in [0.1, 0.15) is 0 Å². The fourth-order valence-corrected chi connectivity index (χ4v) is 2.69. The number of ether oxygens (including phenoxy) is 1. The van der Waals surface area contributed by atoms with Gasteiger partial charge in [-0.05, 0) is 12.8 Å². The molecule has 1 fully saturated rings. The molecule has 1 aliphatic rings. The molecule has 0 aromatic rings. The predicted octanol–water partition coefficient (Wildman–Crippen LogP) is 0.0770. The molecule has 2 atom stereocenters. The van der Waals surface area contributed by atoms with Crippen LogP contribution in [0.15, 0.2) is 0 Å². The molecule has 1 rings (SSSR count). The van der Waals surface area contributed by atoms with E-state index in [1.807, 2.05) is 6.92 Å². The highest BCUT2D eigenvalue weighted by Crippen LogP contribution is 2.25. The molecule has 0 spiro atoms. The summed E-state index contributed by atoms with van der Waals surface area (Å²) in [6.07, 6.45) is 1.16. The van der Waals surface area contributed by atoms with Gasteiger partial charge in [-0.15, -0.1) is 0 Å². The van der Waals surface area contributed by atoms with Crippen molar-refractivity contribution in [1.29, 1.82) is 0 Å². The zero-order valence-electron chi connectivity index (χ0n) is 9.26. The zero-order valence-corrected chi connectivity index (χ0v) is 10.1. The Kier molecular flexibility index (Phi) is 3.72. The fourth-order valence-electron chi connectivity index (χ4n) is 1.75. The summed E-state index contributed by atoms with van der Waals surface area (Å²) < 4.78 is 28.8. The Morgan fingerprint density at radius 2 is 2.07 bits per heavy atom. The van der Waals surface area contributed by atoms with Gasteiger partial charge in [0, 0.05) is 13.1 Å². The number of hydrogen-bond acceptors (Lipinski definition) is 4. The van der Waals surface area contributed by atoms with Crippen LogP contribution in [0.25, 0.3) is 0 Å². The molecule has 88 valence electrons. The minimum atomic E-state index is -3.19. The van der Waals surface area contributed by atoms with Gasteiger partial charge in [-0.2, -0.15) is 0 Å². The van der Waals surface area contributed by atoms with E-state index in [9.17, 15) is 13.2 Å². The van der Waals surface area contributed by atoms with Crippen molar-refractivity contribution in [2.45, 2.75) is 13.8 Å². The smallest absolute Gasteiger partial charge is 0.310 e. The first-order chi connectivity index (χ1) is 6.86. The molecule has 0 N–H and O–H groups in total. The maximum absolute atomic E-state index is 11.5. The zero-order chi connectivity index (χ0) is 11.6. The lowest BCUT2D eigenvalue weighted by Gasteiger charge is -2.12. The van der Waals surface area contributed by atoms with Crippen molar-refractivity contribution < 1.29 is 17.9 Å². The van der Waals surface area contributed by atoms with Crippen molar-refractivity contribution >= 4 is 16.0 Å². The quantitative estimate of drug-likeness (QED) is 0.650. The van der Waals surface area contributed by atoms with E-state index in [-0.39, 0.29) is 24.3 Å². The van der Waals surface area contributed by atoms with Gasteiger partial charge in [0.05, 0.1) is 18.8 Å². The van der Waals surface area contributed by atoms with Crippen LogP contribution >= 0.6 is 0 Å². The highest BCUT2D eigenvalue weighted by molar-refractivity contribution is 7.88. The number of nitrogens with zero attached hydrogens (tertiary/aromatic N) is 1. The molecule has 15 heavy (non-hydrogen) atoms. The molecule has 0 saturated carbocycles. The molecular weight excluding hydrogens is 218 g/mol. The van der Waals surface area contributed by atoms with E-state index in [0.29, 0.717) is 13.2 Å². The molecule has 0 amide bonds. The third kappa shape index (κ3) is 2.92. The van der Waals surface area contributed by atoms with Gasteiger partial charge in [-0.25, -0.2) is 12.7 Å². The van der Waals surface area contributed by atoms with Gasteiger partial charge >= 0.3 is 5.97 Å². The van der Waals surface area contributed by atoms with Crippen LogP contribution < -0.4 is 0 Å². The minimum absolute atomic E-state index is 0.0266. The predicted molar refractivity (Wildman–Crippen MR) is 55.7 cm³/mol. The van der Waals surface area contributed by atoms with Crippen LogP contribution in [-0.2, 0) is 19.6 Å². The number of rotatable bonds is 3. The van der Waals surface area contributed by atoms with Gasteiger partial charge in [0.2, 0.25) is 10.0 Å². The Hall–Kier alpha value is -0.620. The average Bonchev–Trinajstić information content (AvgIpc) is 2.47. The summed E-state index contributed by atoms with van der Waals surface area (Å²) >= 11 is 0. The third-order valence-corrected chi connectivity index (χ3v) is 3.87. The SMILES string of the molecule is CCOC(=O)[C@@H]1CN(S(C)(=O)=O)C[C@H]1C. The van der Waals surface area contributed by atoms with E-state index >= 15 is 0 Å². The molecule has 0 unspecified atom stereocenters. The maximum Gasteiger partial charge on any atom is 0.310 e. The Bertz CT molecular complexity index is 338. The van der Waals surface area contributed by atoms with Crippen molar-refractivity contribution in [2.75, 3.05) is 26.0 Å². The van der Waals surface area contributed by atoms with Gasteiger partial charge in [0.15, 0.2) is 0 Å². The van der Waals surface area contributed by atoms with Gasteiger partial charge in [-0.1, -0.05) is 6.92 Å². The lowest BCUT2D eigenvalue weighted by Crippen LogP contribution is -2.29. The first-order valence-electron chi connectivity index (χ1n) is 4.98. The monoisotopic (exact) mass is 235 g/mol. The maximum atomic E-state index is 11.5. The van der Waals surface area contributed by atoms with Gasteiger partial charge < -0.3 is 4.74 Å². The first-order valence-corrected chi connectivity index (χ1v) is 6.82. The number of carbonyl (C=O) groups is 1. The number of sulfonamides is 1. The topological polar surface area (TPSA) is 63.7 Å². The average molecular weight is 235 g/mol. The molecule has 5 nitrogen and oxygen atoms in total. The van der Waals surface area contributed by atoms with Crippen LogP contribution in [0.1, 0.15) is 13.8 Å². The summed E-state index contributed by atoms with van der Waals surface area (Å²) in [4.78, 5) is 11.5. The molecule has 6 heteroatoms. The summed E-state index contributed by atoms with van der Waals surface area (Å²) in [6, 6.07) is 0. The summed E-state index contributed by atoms with van der Waals surface area (Å²) in [5.74, 6) is -0.588. The standard InChI is InChI=1S/C9H17NO4S/c1-4-14-9(11)8-6-10(5-7(8)2)15(3,12)13/h7-8H,4-6H2,1-3H3/t7-,8-/m1/s1. The summed E-state index contributed by atoms with van der Waals surface area (Å²) in [7, 11) is -3.19. The van der Waals surface area contributed by atoms with Crippen LogP contribution in [0.4, 0.5) is 0 Å². The van der Waals surface area contributed by atoms with Crippen LogP contribution in [0.2, 0.25) is 0 Å². The molecule has 0 radical (unpaired) electrons. The molecule has 0 bridgehead atoms. The van der Waals surface area contributed by atoms with E-state index in [1.165, 1.54) is 4.31 Å². The van der Waals surface area contributed by atoms with Gasteiger partial charge in [-0.3, -0.25) is 4.79 Å². The molecule has 0 aliphatic carbocycles. The van der Waals surface area contributed by atoms with Crippen LogP contribution in [0, 0.1) is 11.8 Å². The van der Waals surface area contributed by atoms with E-state index in [0.717, 1.165) is 6.26 Å². The number of carbonyl (C=O) groups excluding carboxylic acids is 1. The Morgan fingerprint density at radius 3 is 2.47 bits per heavy atom. The van der Waals surface area contributed by atoms with E-state index < -0.39 is 10.0 Å². The third-order valence-electron chi connectivity index (χ3n) is 2.64. The Morgan fingerprint density at radius 1 is 1.47 bits per heavy atom. The van der Waals surface area contributed by atoms with Gasteiger partial charge in [0.25, 0.3) is 0 Å². The van der Waals surface area contributed by atoms with Crippen LogP contribution in [0.3, 0.4) is 0 Å². The first kappa shape index (κ1) is 12.4. The van der Waals surface area contributed by atoms with Crippen molar-refractivity contribution in [3.05, 3.63) is 0 Å². The lowest BCUT2D eigenvalue weighted by molar-refractivity contribution is -0.148. The molecular formula is C9H17NO4S. The van der Waals surface area contributed by atoms with Crippen molar-refractivity contribution in [3.63, 3.8) is 0 Å². The Balaban J connectivity index is 2.69. The van der Waals surface area contributed by atoms with Crippen molar-refractivity contribution in [3.8, 4) is 0 Å². The second kappa shape index (κ2) is 4.49. The molecule has 0 aromatic carbocycles. The van der Waals surface area contributed by atoms with Crippen LogP contribution in [-0.4, -0.2) is 44.6 Å². The molecule has 1 saturated heterocycles. The molecule has 0 aromatic heterocycles. The number of hydrogen-bond donors (Lipinski definition) is 0. The largest absolute Gasteiger partial charge is 0.466 e. The lowest BCUT2D eigenvalue weighted by atomic mass is 9.99. The van der Waals surface area contributed by atoms with E-state index in [1.54, 1.807) is 6.92 Å². The number of esters is 1. The van der Waals surface area contributed by atoms with Crippen molar-refractivity contribution in [2.24, 2.45) is 11.8 Å². The van der Waals surface area contributed by atoms with E-state index in [2.05, 4.69) is 0 Å². The molecule has 1 heterocycles. The highest BCUT2D eigenvalue weighted by atomic mass is 32.2. The fraction of sp³-hybridized carbons (Fsp3) is 0.889. The second-order valence-corrected chi connectivity index (χ2v) is 5.90. The summed E-state index contributed by atoms with van der Waals surface area (Å²) in [6.45, 7) is 4.60. The Labute approximate surface area is 90.4 Å². The summed E-state index contributed by atoms with van der Waals surface area (Å²) in [5, 5.41) is 0. The summed E-state index contributed by atoms with van der Waals surface area (Å²) in [5.41, 5.74) is 0. The minimum Gasteiger partial charge on any atom is -0.466 e.